The van der Waals surface area contributed by atoms with Crippen LogP contribution in [0.3, 0.4) is 0 Å². The predicted molar refractivity (Wildman–Crippen MR) is 68.0 cm³/mol. The molecule has 8 nitrogen and oxygen atoms in total. The van der Waals surface area contributed by atoms with Crippen LogP contribution in [0.5, 0.6) is 0 Å². The molecule has 104 valence electrons. The molecule has 8 heteroatoms. The monoisotopic (exact) mass is 277 g/mol. The fraction of sp³-hybridized carbons (Fsp3) is 0.250. The fourth-order valence-corrected chi connectivity index (χ4v) is 1.56. The van der Waals surface area contributed by atoms with Gasteiger partial charge in [-0.2, -0.15) is 5.26 Å². The summed E-state index contributed by atoms with van der Waals surface area (Å²) in [6.45, 7) is 1.41. The number of carbonyl (C=O) groups is 2. The van der Waals surface area contributed by atoms with Crippen molar-refractivity contribution in [2.24, 2.45) is 0 Å². The van der Waals surface area contributed by atoms with Crippen molar-refractivity contribution in [3.8, 4) is 6.07 Å². The third-order valence-electron chi connectivity index (χ3n) is 2.51. The summed E-state index contributed by atoms with van der Waals surface area (Å²) in [7, 11) is 1.15. The lowest BCUT2D eigenvalue weighted by Gasteiger charge is -2.09. The number of hydrogen-bond donors (Lipinski definition) is 1. The van der Waals surface area contributed by atoms with Gasteiger partial charge >= 0.3 is 5.97 Å². The topological polar surface area (TPSA) is 122 Å². The van der Waals surface area contributed by atoms with Gasteiger partial charge in [-0.15, -0.1) is 0 Å². The molecule has 0 aliphatic carbocycles. The lowest BCUT2D eigenvalue weighted by atomic mass is 10.1. The van der Waals surface area contributed by atoms with Gasteiger partial charge in [-0.05, 0) is 13.0 Å². The minimum Gasteiger partial charge on any atom is -0.465 e. The zero-order valence-corrected chi connectivity index (χ0v) is 10.8. The van der Waals surface area contributed by atoms with E-state index in [-0.39, 0.29) is 22.5 Å². The van der Waals surface area contributed by atoms with Gasteiger partial charge in [0, 0.05) is 17.3 Å². The molecule has 0 heterocycles. The van der Waals surface area contributed by atoms with Gasteiger partial charge in [0.15, 0.2) is 0 Å². The maximum absolute atomic E-state index is 11.6. The van der Waals surface area contributed by atoms with Crippen LogP contribution >= 0.6 is 0 Å². The maximum Gasteiger partial charge on any atom is 0.338 e. The Morgan fingerprint density at radius 2 is 2.15 bits per heavy atom. The van der Waals surface area contributed by atoms with E-state index in [1.165, 1.54) is 13.0 Å². The van der Waals surface area contributed by atoms with Gasteiger partial charge in [-0.25, -0.2) is 4.79 Å². The first-order valence-electron chi connectivity index (χ1n) is 5.44. The second-order valence-corrected chi connectivity index (χ2v) is 3.80. The Bertz CT molecular complexity index is 618. The summed E-state index contributed by atoms with van der Waals surface area (Å²) < 4.78 is 4.53. The van der Waals surface area contributed by atoms with Gasteiger partial charge in [0.2, 0.25) is 5.91 Å². The Morgan fingerprint density at radius 1 is 1.50 bits per heavy atom. The number of esters is 1. The summed E-state index contributed by atoms with van der Waals surface area (Å²) in [5.74, 6) is -1.37. The van der Waals surface area contributed by atoms with E-state index in [0.29, 0.717) is 0 Å². The average molecular weight is 277 g/mol. The van der Waals surface area contributed by atoms with Crippen LogP contribution in [0.1, 0.15) is 22.3 Å². The molecule has 0 atom stereocenters. The number of methoxy groups -OCH3 is 1. The van der Waals surface area contributed by atoms with E-state index in [9.17, 15) is 19.7 Å². The van der Waals surface area contributed by atoms with Crippen molar-refractivity contribution in [3.63, 3.8) is 0 Å². The van der Waals surface area contributed by atoms with Crippen molar-refractivity contribution >= 4 is 23.3 Å². The molecule has 0 aliphatic rings. The molecule has 0 saturated heterocycles. The van der Waals surface area contributed by atoms with Crippen molar-refractivity contribution in [2.75, 3.05) is 12.4 Å². The molecule has 0 bridgehead atoms. The number of rotatable bonds is 4. The molecule has 1 rings (SSSR count). The SMILES string of the molecule is COC(=O)c1cc(NC(=O)CC#N)cc([N+](=O)[O-])c1C. The summed E-state index contributed by atoms with van der Waals surface area (Å²) in [6.07, 6.45) is -0.394. The summed E-state index contributed by atoms with van der Waals surface area (Å²) >= 11 is 0. The van der Waals surface area contributed by atoms with E-state index in [1.54, 1.807) is 6.07 Å². The van der Waals surface area contributed by atoms with Crippen molar-refractivity contribution < 1.29 is 19.2 Å². The molecule has 0 saturated carbocycles. The van der Waals surface area contributed by atoms with E-state index in [4.69, 9.17) is 5.26 Å². The molecule has 1 N–H and O–H groups in total. The van der Waals surface area contributed by atoms with Crippen molar-refractivity contribution in [1.29, 1.82) is 5.26 Å². The number of ether oxygens (including phenoxy) is 1. The molecule has 0 aliphatic heterocycles. The maximum atomic E-state index is 11.6. The summed E-state index contributed by atoms with van der Waals surface area (Å²) in [5, 5.41) is 21.6. The van der Waals surface area contributed by atoms with Crippen LogP contribution in [0.25, 0.3) is 0 Å². The van der Waals surface area contributed by atoms with Crippen molar-refractivity contribution in [2.45, 2.75) is 13.3 Å². The van der Waals surface area contributed by atoms with Crippen LogP contribution in [0.2, 0.25) is 0 Å². The van der Waals surface area contributed by atoms with E-state index in [2.05, 4.69) is 10.1 Å². The second-order valence-electron chi connectivity index (χ2n) is 3.80. The van der Waals surface area contributed by atoms with Crippen LogP contribution in [0, 0.1) is 28.4 Å². The molecule has 0 unspecified atom stereocenters. The largest absolute Gasteiger partial charge is 0.465 e. The number of nitro groups is 1. The van der Waals surface area contributed by atoms with E-state index in [1.807, 2.05) is 0 Å². The molecule has 0 aromatic heterocycles. The van der Waals surface area contributed by atoms with Gasteiger partial charge in [-0.3, -0.25) is 14.9 Å². The number of carbonyl (C=O) groups excluding carboxylic acids is 2. The highest BCUT2D eigenvalue weighted by Gasteiger charge is 2.21. The van der Waals surface area contributed by atoms with Crippen molar-refractivity contribution in [3.05, 3.63) is 33.4 Å². The molecule has 1 amide bonds. The van der Waals surface area contributed by atoms with Crippen LogP contribution in [0.4, 0.5) is 11.4 Å². The quantitative estimate of drug-likeness (QED) is 0.506. The summed E-state index contributed by atoms with van der Waals surface area (Å²) in [6, 6.07) is 4.04. The van der Waals surface area contributed by atoms with Gasteiger partial charge < -0.3 is 10.1 Å². The molecule has 0 spiro atoms. The van der Waals surface area contributed by atoms with E-state index < -0.39 is 23.2 Å². The standard InChI is InChI=1S/C12H11N3O5/c1-7-9(12(17)20-2)5-8(6-10(7)15(18)19)14-11(16)3-4-13/h5-6H,3H2,1-2H3,(H,14,16). The number of nitrogens with one attached hydrogen (secondary N) is 1. The minimum absolute atomic E-state index is 0.0195. The fourth-order valence-electron chi connectivity index (χ4n) is 1.56. The van der Waals surface area contributed by atoms with Gasteiger partial charge in [-0.1, -0.05) is 0 Å². The summed E-state index contributed by atoms with van der Waals surface area (Å²) in [4.78, 5) is 33.1. The van der Waals surface area contributed by atoms with Crippen LogP contribution in [-0.2, 0) is 9.53 Å². The minimum atomic E-state index is -0.748. The van der Waals surface area contributed by atoms with Gasteiger partial charge in [0.05, 0.1) is 23.7 Å². The molecule has 20 heavy (non-hydrogen) atoms. The van der Waals surface area contributed by atoms with Crippen LogP contribution in [0.15, 0.2) is 12.1 Å². The number of anilines is 1. The predicted octanol–water partition coefficient (Wildman–Crippen LogP) is 1.54. The second kappa shape index (κ2) is 6.29. The Hall–Kier alpha value is -2.95. The molecule has 0 radical (unpaired) electrons. The molecule has 1 aromatic rings. The number of amides is 1. The molecular formula is C12H11N3O5. The Kier molecular flexibility index (Phi) is 4.75. The number of nitro benzene ring substituents is 1. The Balaban J connectivity index is 3.30. The number of nitrogens with zero attached hydrogens (tertiary/aromatic N) is 2. The Labute approximate surface area is 114 Å². The highest BCUT2D eigenvalue weighted by atomic mass is 16.6. The van der Waals surface area contributed by atoms with E-state index in [0.717, 1.165) is 13.2 Å². The smallest absolute Gasteiger partial charge is 0.338 e. The third kappa shape index (κ3) is 3.29. The van der Waals surface area contributed by atoms with Gasteiger partial charge in [0.1, 0.15) is 6.42 Å². The van der Waals surface area contributed by atoms with Crippen LogP contribution < -0.4 is 5.32 Å². The normalized spacial score (nSPS) is 9.45. The zero-order chi connectivity index (χ0) is 15.3. The summed E-state index contributed by atoms with van der Waals surface area (Å²) in [5.41, 5.74) is -0.141. The van der Waals surface area contributed by atoms with Crippen LogP contribution in [-0.4, -0.2) is 23.9 Å². The van der Waals surface area contributed by atoms with Crippen molar-refractivity contribution in [1.82, 2.24) is 0 Å². The Morgan fingerprint density at radius 3 is 2.65 bits per heavy atom. The number of benzene rings is 1. The number of hydrogen-bond acceptors (Lipinski definition) is 6. The third-order valence-corrected chi connectivity index (χ3v) is 2.51. The van der Waals surface area contributed by atoms with Gasteiger partial charge in [0.25, 0.3) is 5.69 Å². The highest BCUT2D eigenvalue weighted by molar-refractivity contribution is 5.97. The lowest BCUT2D eigenvalue weighted by Crippen LogP contribution is -2.13. The first kappa shape index (κ1) is 15.1. The molecule has 0 fully saturated rings. The number of nitriles is 1. The van der Waals surface area contributed by atoms with E-state index >= 15 is 0 Å². The molecular weight excluding hydrogens is 266 g/mol. The first-order chi connectivity index (χ1) is 9.40. The zero-order valence-electron chi connectivity index (χ0n) is 10.8. The molecule has 1 aromatic carbocycles. The average Bonchev–Trinajstić information content (AvgIpc) is 2.39. The highest BCUT2D eigenvalue weighted by Crippen LogP contribution is 2.27. The lowest BCUT2D eigenvalue weighted by molar-refractivity contribution is -0.385. The first-order valence-corrected chi connectivity index (χ1v) is 5.44.